The van der Waals surface area contributed by atoms with E-state index in [1.807, 2.05) is 0 Å². The van der Waals surface area contributed by atoms with E-state index in [-0.39, 0.29) is 59.6 Å². The van der Waals surface area contributed by atoms with E-state index in [4.69, 9.17) is 19.5 Å². The van der Waals surface area contributed by atoms with Crippen LogP contribution in [0.4, 0.5) is 5.82 Å². The molecule has 2 unspecified atom stereocenters. The van der Waals surface area contributed by atoms with Gasteiger partial charge in [-0.1, -0.05) is 76.1 Å². The number of ketones is 1. The van der Waals surface area contributed by atoms with Crippen molar-refractivity contribution in [3.63, 3.8) is 0 Å². The van der Waals surface area contributed by atoms with Gasteiger partial charge in [-0.15, -0.1) is 0 Å². The number of unbranched alkanes of at least 4 members (excludes halogenated alkanes) is 6. The number of hydrogen-bond donors (Lipinski definition) is 9. The van der Waals surface area contributed by atoms with Gasteiger partial charge in [-0.3, -0.25) is 37.3 Å². The molecule has 2 aromatic heterocycles. The number of anilines is 1. The van der Waals surface area contributed by atoms with Gasteiger partial charge in [-0.05, 0) is 38.5 Å². The van der Waals surface area contributed by atoms with Crippen molar-refractivity contribution in [2.24, 2.45) is 5.41 Å². The van der Waals surface area contributed by atoms with Crippen LogP contribution in [0, 0.1) is 5.41 Å². The number of fused-ring (bicyclic) bond motifs is 1. The highest BCUT2D eigenvalue weighted by molar-refractivity contribution is 8.13. The smallest absolute Gasteiger partial charge is 0.386 e. The second-order valence-electron chi connectivity index (χ2n) is 16.3. The van der Waals surface area contributed by atoms with Gasteiger partial charge < -0.3 is 50.9 Å². The number of aromatic nitrogens is 4. The summed E-state index contributed by atoms with van der Waals surface area (Å²) >= 11 is 0.925. The molecule has 1 aliphatic rings. The van der Waals surface area contributed by atoms with Crippen molar-refractivity contribution >= 4 is 74.9 Å². The number of thioether (sulfide) groups is 1. The third kappa shape index (κ3) is 21.4. The van der Waals surface area contributed by atoms with Gasteiger partial charge in [0.15, 0.2) is 22.8 Å². The fourth-order valence-corrected chi connectivity index (χ4v) is 9.90. The maximum absolute atomic E-state index is 12.7. The lowest BCUT2D eigenvalue weighted by Crippen LogP contribution is -2.46. The second-order valence-corrected chi connectivity index (χ2v) is 21.7. The number of imidazole rings is 1. The van der Waals surface area contributed by atoms with Crippen molar-refractivity contribution in [2.75, 3.05) is 37.8 Å². The van der Waals surface area contributed by atoms with E-state index in [9.17, 15) is 62.7 Å². The molecule has 384 valence electrons. The zero-order chi connectivity index (χ0) is 50.5. The van der Waals surface area contributed by atoms with Gasteiger partial charge in [-0.25, -0.2) is 28.6 Å². The van der Waals surface area contributed by atoms with Crippen LogP contribution in [0.2, 0.25) is 0 Å². The summed E-state index contributed by atoms with van der Waals surface area (Å²) in [4.78, 5) is 100. The Labute approximate surface area is 397 Å². The lowest BCUT2D eigenvalue weighted by molar-refractivity contribution is -0.137. The number of aliphatic hydroxyl groups excluding tert-OH is 2. The molecule has 0 spiro atoms. The Kier molecular flexibility index (Phi) is 24.8. The number of carbonyl (C=O) groups excluding carboxylic acids is 4. The molecule has 0 aliphatic carbocycles. The second kappa shape index (κ2) is 28.5. The highest BCUT2D eigenvalue weighted by Crippen LogP contribution is 2.61. The molecule has 25 nitrogen and oxygen atoms in total. The fraction of sp³-hybridized carbons (Fsp3) is 0.667. The first-order valence-corrected chi connectivity index (χ1v) is 27.3. The van der Waals surface area contributed by atoms with E-state index in [1.54, 1.807) is 0 Å². The van der Waals surface area contributed by atoms with E-state index < -0.39 is 84.6 Å². The van der Waals surface area contributed by atoms with Gasteiger partial charge in [0.25, 0.3) is 0 Å². The zero-order valence-electron chi connectivity index (χ0n) is 38.1. The number of ether oxygens (including phenoxy) is 1. The minimum absolute atomic E-state index is 0.0247. The summed E-state index contributed by atoms with van der Waals surface area (Å²) in [5, 5.41) is 26.2. The van der Waals surface area contributed by atoms with Crippen molar-refractivity contribution in [3.8, 4) is 0 Å². The van der Waals surface area contributed by atoms with E-state index in [2.05, 4.69) is 65.6 Å². The van der Waals surface area contributed by atoms with Crippen LogP contribution in [-0.4, -0.2) is 128 Å². The van der Waals surface area contributed by atoms with E-state index >= 15 is 0 Å². The number of aliphatic hydroxyl groups is 2. The maximum atomic E-state index is 12.7. The number of nitrogens with zero attached hydrogens (tertiary/aromatic N) is 4. The first kappa shape index (κ1) is 59.0. The highest BCUT2D eigenvalue weighted by atomic mass is 32.2. The van der Waals surface area contributed by atoms with Crippen molar-refractivity contribution in [2.45, 2.75) is 128 Å². The molecule has 0 saturated carbocycles. The predicted octanol–water partition coefficient (Wildman–Crippen LogP) is 3.66. The quantitative estimate of drug-likeness (QED) is 0.0213. The largest absolute Gasteiger partial charge is 0.481 e. The fourth-order valence-electron chi connectivity index (χ4n) is 6.38. The molecule has 0 aromatic carbocycles. The molecule has 0 radical (unpaired) electrons. The number of rotatable bonds is 33. The number of allylic oxidation sites excluding steroid dienone is 4. The predicted molar refractivity (Wildman–Crippen MR) is 247 cm³/mol. The third-order valence-corrected chi connectivity index (χ3v) is 14.0. The molecular formula is C39H64N7O18P3S. The van der Waals surface area contributed by atoms with Crippen LogP contribution in [0.5, 0.6) is 0 Å². The van der Waals surface area contributed by atoms with E-state index in [0.717, 1.165) is 61.1 Å². The van der Waals surface area contributed by atoms with E-state index in [0.29, 0.717) is 12.8 Å². The van der Waals surface area contributed by atoms with Crippen LogP contribution in [0.25, 0.3) is 11.2 Å². The molecule has 29 heteroatoms. The minimum atomic E-state index is -5.59. The minimum Gasteiger partial charge on any atom is -0.386 e. The monoisotopic (exact) mass is 1040 g/mol. The van der Waals surface area contributed by atoms with Crippen LogP contribution in [-0.2, 0) is 55.5 Å². The first-order valence-electron chi connectivity index (χ1n) is 21.8. The Hall–Kier alpha value is -3.29. The molecule has 3 rings (SSSR count). The highest BCUT2D eigenvalue weighted by Gasteiger charge is 2.50. The molecule has 1 aliphatic heterocycles. The summed E-state index contributed by atoms with van der Waals surface area (Å²) in [7, 11) is -16.5. The molecule has 0 bridgehead atoms. The summed E-state index contributed by atoms with van der Waals surface area (Å²) < 4.78 is 62.4. The van der Waals surface area contributed by atoms with Crippen LogP contribution in [0.3, 0.4) is 0 Å². The normalized spacial score (nSPS) is 20.1. The van der Waals surface area contributed by atoms with Crippen molar-refractivity contribution in [1.29, 1.82) is 0 Å². The molecule has 1 fully saturated rings. The van der Waals surface area contributed by atoms with Crippen molar-refractivity contribution < 1.29 is 85.3 Å². The van der Waals surface area contributed by atoms with Gasteiger partial charge in [-0.2, -0.15) is 4.31 Å². The number of phosphoric acid groups is 3. The lowest BCUT2D eigenvalue weighted by Gasteiger charge is -2.30. The first-order chi connectivity index (χ1) is 31.9. The number of phosphoric ester groups is 3. The standard InChI is InChI=1S/C39H64N7O18P3S/c1-4-5-6-7-8-9-10-11-12-13-14-15-16-17-27(47)22-30(49)68-21-20-41-29(48)18-19-42-37(52)34(51)39(2,3)24-61-67(58,59)64-66(56,57)60-23-28-33(63-65(53,54)55)32(50)38(62-28)46-26-45-31-35(40)43-25-44-36(31)46/h8-9,11-12,25-26,28,32-34,38,50-51H,4-7,10,13-24H2,1-3H3,(H,41,48)(H,42,52)(H,56,57)(H,58,59)(H2,40,43,44)(H2,53,54,55)/b9-8-,12-11-/t28-,32-,33-,34+,38-/m1/s1. The van der Waals surface area contributed by atoms with E-state index in [1.165, 1.54) is 33.1 Å². The van der Waals surface area contributed by atoms with Gasteiger partial charge in [0.1, 0.15) is 42.0 Å². The van der Waals surface area contributed by atoms with Gasteiger partial charge >= 0.3 is 23.5 Å². The summed E-state index contributed by atoms with van der Waals surface area (Å²) in [6.45, 7) is 2.50. The van der Waals surface area contributed by atoms with Gasteiger partial charge in [0, 0.05) is 37.1 Å². The number of nitrogen functional groups attached to an aromatic ring is 1. The summed E-state index contributed by atoms with van der Waals surface area (Å²) in [6.07, 6.45) is 11.0. The number of carbonyl (C=O) groups is 4. The molecule has 2 amide bonds. The van der Waals surface area contributed by atoms with Gasteiger partial charge in [0.05, 0.1) is 26.0 Å². The molecule has 3 heterocycles. The van der Waals surface area contributed by atoms with Crippen molar-refractivity contribution in [3.05, 3.63) is 37.0 Å². The maximum Gasteiger partial charge on any atom is 0.481 e. The molecule has 68 heavy (non-hydrogen) atoms. The van der Waals surface area contributed by atoms with Crippen molar-refractivity contribution in [1.82, 2.24) is 30.2 Å². The Balaban J connectivity index is 1.32. The number of amides is 2. The topological polar surface area (TPSA) is 381 Å². The number of nitrogens with one attached hydrogen (secondary N) is 2. The number of nitrogens with two attached hydrogens (primary N) is 1. The Bertz CT molecular complexity index is 2180. The Morgan fingerprint density at radius 1 is 0.926 bits per heavy atom. The Morgan fingerprint density at radius 3 is 2.28 bits per heavy atom. The molecule has 10 N–H and O–H groups in total. The van der Waals surface area contributed by atoms with Crippen LogP contribution < -0.4 is 16.4 Å². The SMILES string of the molecule is CCCCC/C=C\C/C=C\CCCCCC(=O)CC(=O)SCCNC(=O)CCNC(=O)[C@H](O)C(C)(C)COP(=O)(O)OP(=O)(O)OC[C@H]1O[C@@H](n2cnc3c(N)ncnc32)[C@H](O)[C@@H]1OP(=O)(O)O. The third-order valence-electron chi connectivity index (χ3n) is 10.0. The zero-order valence-corrected chi connectivity index (χ0v) is 41.6. The molecule has 7 atom stereocenters. The summed E-state index contributed by atoms with van der Waals surface area (Å²) in [5.74, 6) is -1.44. The molecule has 2 aromatic rings. The summed E-state index contributed by atoms with van der Waals surface area (Å²) in [6, 6.07) is 0. The van der Waals surface area contributed by atoms with Gasteiger partial charge in [0.2, 0.25) is 11.8 Å². The summed E-state index contributed by atoms with van der Waals surface area (Å²) in [5.41, 5.74) is 4.24. The molecular weight excluding hydrogens is 979 g/mol. The Morgan fingerprint density at radius 2 is 1.60 bits per heavy atom. The number of Topliss-reactive ketones (excluding diaryl/α,β-unsaturated/α-hetero) is 1. The number of hydrogen-bond acceptors (Lipinski definition) is 19. The van der Waals surface area contributed by atoms with Crippen LogP contribution in [0.1, 0.15) is 104 Å². The van der Waals surface area contributed by atoms with Crippen LogP contribution in [0.15, 0.2) is 37.0 Å². The average Bonchev–Trinajstić information content (AvgIpc) is 3.82. The molecule has 1 saturated heterocycles. The van der Waals surface area contributed by atoms with Crippen LogP contribution >= 0.6 is 35.2 Å². The average molecular weight is 1040 g/mol. The lowest BCUT2D eigenvalue weighted by atomic mass is 9.87.